The zero-order valence-corrected chi connectivity index (χ0v) is 12.7. The molecule has 0 saturated carbocycles. The summed E-state index contributed by atoms with van der Waals surface area (Å²) >= 11 is 0. The number of aromatic hydroxyl groups is 1. The number of phenols is 1. The molecule has 0 unspecified atom stereocenters. The van der Waals surface area contributed by atoms with Crippen LogP contribution in [0.4, 0.5) is 0 Å². The van der Waals surface area contributed by atoms with Crippen molar-refractivity contribution in [2.75, 3.05) is 0 Å². The van der Waals surface area contributed by atoms with Gasteiger partial charge in [-0.3, -0.25) is 0 Å². The number of hydrogen-bond donors (Lipinski definition) is 1. The van der Waals surface area contributed by atoms with Gasteiger partial charge in [0.25, 0.3) is 0 Å². The lowest BCUT2D eigenvalue weighted by molar-refractivity contribution is 0.473. The van der Waals surface area contributed by atoms with Gasteiger partial charge < -0.3 is 5.11 Å². The Hall–Kier alpha value is -2.19. The molecule has 0 atom stereocenters. The van der Waals surface area contributed by atoms with E-state index in [1.165, 1.54) is 20.2 Å². The van der Waals surface area contributed by atoms with Crippen LogP contribution in [0.15, 0.2) is 93.5 Å². The normalized spacial score (nSPS) is 10.8. The molecule has 0 radical (unpaired) electrons. The van der Waals surface area contributed by atoms with Gasteiger partial charge in [0, 0.05) is 11.6 Å². The third kappa shape index (κ3) is 2.96. The Balaban J connectivity index is 2.20. The highest BCUT2D eigenvalue weighted by atomic mass is 32.2. The molecule has 0 heterocycles. The van der Waals surface area contributed by atoms with Gasteiger partial charge in [0.05, 0.1) is 10.9 Å². The predicted octanol–water partition coefficient (Wildman–Crippen LogP) is 4.80. The van der Waals surface area contributed by atoms with E-state index >= 15 is 0 Å². The van der Waals surface area contributed by atoms with Gasteiger partial charge in [-0.25, -0.2) is 0 Å². The molecule has 0 aromatic heterocycles. The Morgan fingerprint density at radius 1 is 0.714 bits per heavy atom. The SMILES string of the molecule is Cc1ccc(O)cc1[S+](c1ccccc1)c1ccccc1. The molecule has 3 aromatic carbocycles. The highest BCUT2D eigenvalue weighted by Crippen LogP contribution is 2.34. The van der Waals surface area contributed by atoms with E-state index in [1.807, 2.05) is 24.3 Å². The van der Waals surface area contributed by atoms with Gasteiger partial charge in [-0.2, -0.15) is 0 Å². The Kier molecular flexibility index (Phi) is 3.98. The molecule has 3 aromatic rings. The fourth-order valence-corrected chi connectivity index (χ4v) is 4.58. The van der Waals surface area contributed by atoms with Crippen molar-refractivity contribution in [2.45, 2.75) is 21.6 Å². The van der Waals surface area contributed by atoms with E-state index < -0.39 is 0 Å². The van der Waals surface area contributed by atoms with Crippen LogP contribution in [-0.2, 0) is 10.9 Å². The molecule has 0 spiro atoms. The van der Waals surface area contributed by atoms with Gasteiger partial charge >= 0.3 is 0 Å². The minimum Gasteiger partial charge on any atom is -0.508 e. The molecule has 0 aliphatic heterocycles. The van der Waals surface area contributed by atoms with Crippen molar-refractivity contribution in [3.05, 3.63) is 84.4 Å². The van der Waals surface area contributed by atoms with Crippen molar-refractivity contribution < 1.29 is 5.11 Å². The van der Waals surface area contributed by atoms with E-state index in [-0.39, 0.29) is 10.9 Å². The minimum atomic E-state index is -0.196. The van der Waals surface area contributed by atoms with Gasteiger partial charge in [-0.15, -0.1) is 0 Å². The average molecular weight is 293 g/mol. The summed E-state index contributed by atoms with van der Waals surface area (Å²) in [6, 6.07) is 26.6. The molecule has 0 aliphatic rings. The highest BCUT2D eigenvalue weighted by Gasteiger charge is 2.30. The first kappa shape index (κ1) is 13.8. The lowest BCUT2D eigenvalue weighted by atomic mass is 10.2. The number of hydrogen-bond acceptors (Lipinski definition) is 1. The van der Waals surface area contributed by atoms with Crippen LogP contribution < -0.4 is 0 Å². The Labute approximate surface area is 128 Å². The Bertz CT molecular complexity index is 684. The zero-order valence-electron chi connectivity index (χ0n) is 11.9. The van der Waals surface area contributed by atoms with Gasteiger partial charge in [-0.05, 0) is 37.3 Å². The fraction of sp³-hybridized carbons (Fsp3) is 0.0526. The number of rotatable bonds is 3. The molecular weight excluding hydrogens is 276 g/mol. The number of benzene rings is 3. The molecule has 104 valence electrons. The van der Waals surface area contributed by atoms with Crippen molar-refractivity contribution in [1.29, 1.82) is 0 Å². The summed E-state index contributed by atoms with van der Waals surface area (Å²) in [5, 5.41) is 9.88. The lowest BCUT2D eigenvalue weighted by Gasteiger charge is -2.10. The number of phenolic OH excluding ortho intramolecular Hbond substituents is 1. The monoisotopic (exact) mass is 293 g/mol. The summed E-state index contributed by atoms with van der Waals surface area (Å²) in [5.41, 5.74) is 1.20. The first-order valence-corrected chi connectivity index (χ1v) is 8.12. The largest absolute Gasteiger partial charge is 0.508 e. The minimum absolute atomic E-state index is 0.196. The van der Waals surface area contributed by atoms with Crippen LogP contribution in [0.5, 0.6) is 5.75 Å². The van der Waals surface area contributed by atoms with Gasteiger partial charge in [0.15, 0.2) is 14.7 Å². The van der Waals surface area contributed by atoms with E-state index in [0.29, 0.717) is 5.75 Å². The molecule has 0 fully saturated rings. The lowest BCUT2D eigenvalue weighted by Crippen LogP contribution is -2.06. The third-order valence-electron chi connectivity index (χ3n) is 3.35. The fourth-order valence-electron chi connectivity index (χ4n) is 2.31. The second-order valence-electron chi connectivity index (χ2n) is 4.88. The summed E-state index contributed by atoms with van der Waals surface area (Å²) in [7, 11) is -0.196. The van der Waals surface area contributed by atoms with E-state index in [2.05, 4.69) is 55.5 Å². The van der Waals surface area contributed by atoms with Gasteiger partial charge in [-0.1, -0.05) is 42.5 Å². The van der Waals surface area contributed by atoms with Crippen molar-refractivity contribution in [2.24, 2.45) is 0 Å². The highest BCUT2D eigenvalue weighted by molar-refractivity contribution is 7.97. The van der Waals surface area contributed by atoms with Crippen molar-refractivity contribution in [3.8, 4) is 5.75 Å². The first-order chi connectivity index (χ1) is 10.3. The van der Waals surface area contributed by atoms with Crippen LogP contribution in [0.2, 0.25) is 0 Å². The van der Waals surface area contributed by atoms with Gasteiger partial charge in [0.2, 0.25) is 0 Å². The Morgan fingerprint density at radius 2 is 1.24 bits per heavy atom. The third-order valence-corrected chi connectivity index (χ3v) is 5.72. The first-order valence-electron chi connectivity index (χ1n) is 6.90. The molecule has 3 rings (SSSR count). The maximum atomic E-state index is 9.88. The molecular formula is C19H17OS+. The molecule has 1 N–H and O–H groups in total. The standard InChI is InChI=1S/C19H16OS/c1-15-12-13-16(20)14-19(15)21(17-8-4-2-5-9-17)18-10-6-3-7-11-18/h2-14H,1H3/p+1. The second kappa shape index (κ2) is 6.06. The van der Waals surface area contributed by atoms with E-state index in [9.17, 15) is 5.11 Å². The summed E-state index contributed by atoms with van der Waals surface area (Å²) in [6.07, 6.45) is 0. The molecule has 0 aliphatic carbocycles. The molecule has 21 heavy (non-hydrogen) atoms. The van der Waals surface area contributed by atoms with Crippen LogP contribution in [-0.4, -0.2) is 5.11 Å². The Morgan fingerprint density at radius 3 is 1.76 bits per heavy atom. The molecule has 0 saturated heterocycles. The van der Waals surface area contributed by atoms with Crippen LogP contribution >= 0.6 is 0 Å². The molecule has 0 bridgehead atoms. The van der Waals surface area contributed by atoms with Gasteiger partial charge in [0.1, 0.15) is 5.75 Å². The summed E-state index contributed by atoms with van der Waals surface area (Å²) in [5.74, 6) is 0.319. The van der Waals surface area contributed by atoms with E-state index in [1.54, 1.807) is 6.07 Å². The van der Waals surface area contributed by atoms with Crippen molar-refractivity contribution >= 4 is 10.9 Å². The molecule has 0 amide bonds. The van der Waals surface area contributed by atoms with Crippen LogP contribution in [0.25, 0.3) is 0 Å². The van der Waals surface area contributed by atoms with Crippen LogP contribution in [0.3, 0.4) is 0 Å². The predicted molar refractivity (Wildman–Crippen MR) is 87.9 cm³/mol. The maximum absolute atomic E-state index is 9.88. The van der Waals surface area contributed by atoms with Crippen molar-refractivity contribution in [3.63, 3.8) is 0 Å². The van der Waals surface area contributed by atoms with Crippen molar-refractivity contribution in [1.82, 2.24) is 0 Å². The smallest absolute Gasteiger partial charge is 0.173 e. The second-order valence-corrected chi connectivity index (χ2v) is 6.88. The topological polar surface area (TPSA) is 20.2 Å². The maximum Gasteiger partial charge on any atom is 0.173 e. The molecule has 1 nitrogen and oxygen atoms in total. The molecule has 2 heteroatoms. The summed E-state index contributed by atoms with van der Waals surface area (Å²) in [4.78, 5) is 3.70. The number of aryl methyl sites for hydroxylation is 1. The average Bonchev–Trinajstić information content (AvgIpc) is 2.53. The quantitative estimate of drug-likeness (QED) is 0.688. The van der Waals surface area contributed by atoms with Crippen LogP contribution in [0.1, 0.15) is 5.56 Å². The summed E-state index contributed by atoms with van der Waals surface area (Å²) in [6.45, 7) is 2.10. The summed E-state index contributed by atoms with van der Waals surface area (Å²) < 4.78 is 0. The van der Waals surface area contributed by atoms with E-state index in [4.69, 9.17) is 0 Å². The van der Waals surface area contributed by atoms with E-state index in [0.717, 1.165) is 0 Å². The zero-order chi connectivity index (χ0) is 14.7. The van der Waals surface area contributed by atoms with Crippen LogP contribution in [0, 0.1) is 6.92 Å².